The number of hydrogen-bond acceptors (Lipinski definition) is 4. The molecule has 2 N–H and O–H groups in total. The molecule has 8 heteroatoms. The topological polar surface area (TPSA) is 112 Å². The molecule has 0 fully saturated rings. The van der Waals surface area contributed by atoms with Crippen molar-refractivity contribution in [3.8, 4) is 0 Å². The summed E-state index contributed by atoms with van der Waals surface area (Å²) in [6.45, 7) is 3.77. The van der Waals surface area contributed by atoms with Crippen LogP contribution in [-0.2, 0) is 19.6 Å². The van der Waals surface area contributed by atoms with Crippen LogP contribution in [0, 0.1) is 5.92 Å². The molecular weight excluding hydrogens is 358 g/mol. The van der Waals surface area contributed by atoms with Gasteiger partial charge in [-0.3, -0.25) is 9.59 Å². The average Bonchev–Trinajstić information content (AvgIpc) is 2.56. The number of sulfonamides is 1. The molecule has 0 bridgehead atoms. The Morgan fingerprint density at radius 2 is 1.65 bits per heavy atom. The number of unbranched alkanes of at least 4 members (excludes halogenated alkanes) is 2. The van der Waals surface area contributed by atoms with Crippen LogP contribution in [0.5, 0.6) is 0 Å². The normalized spacial score (nSPS) is 13.1. The summed E-state index contributed by atoms with van der Waals surface area (Å²) in [4.78, 5) is 22.4. The molecule has 0 aliphatic heterocycles. The zero-order chi connectivity index (χ0) is 19.7. The third kappa shape index (κ3) is 6.76. The third-order valence-electron chi connectivity index (χ3n) is 3.90. The molecule has 0 aliphatic carbocycles. The van der Waals surface area contributed by atoms with Crippen molar-refractivity contribution in [2.24, 2.45) is 5.92 Å². The lowest BCUT2D eigenvalue weighted by atomic mass is 10.1. The highest BCUT2D eigenvalue weighted by Gasteiger charge is 2.35. The van der Waals surface area contributed by atoms with E-state index in [1.807, 2.05) is 13.8 Å². The Hall–Kier alpha value is -1.93. The van der Waals surface area contributed by atoms with Crippen LogP contribution < -0.4 is 0 Å². The number of rotatable bonds is 12. The number of hydrogen-bond donors (Lipinski definition) is 2. The fraction of sp³-hybridized carbons (Fsp3) is 0.556. The zero-order valence-corrected chi connectivity index (χ0v) is 16.0. The van der Waals surface area contributed by atoms with Crippen molar-refractivity contribution in [1.82, 2.24) is 4.31 Å². The molecule has 0 saturated heterocycles. The number of carboxylic acid groups (broad SMARTS) is 2. The summed E-state index contributed by atoms with van der Waals surface area (Å²) in [7, 11) is -3.94. The fourth-order valence-corrected chi connectivity index (χ4v) is 4.46. The number of carboxylic acids is 2. The zero-order valence-electron chi connectivity index (χ0n) is 15.2. The van der Waals surface area contributed by atoms with Crippen LogP contribution in [0.15, 0.2) is 35.2 Å². The van der Waals surface area contributed by atoms with Gasteiger partial charge in [0.15, 0.2) is 0 Å². The van der Waals surface area contributed by atoms with Gasteiger partial charge in [0.1, 0.15) is 6.04 Å². The van der Waals surface area contributed by atoms with Crippen LogP contribution in [0.3, 0.4) is 0 Å². The Labute approximate surface area is 154 Å². The van der Waals surface area contributed by atoms with Gasteiger partial charge in [0.05, 0.1) is 4.90 Å². The number of aliphatic carboxylic acids is 2. The first kappa shape index (κ1) is 22.1. The minimum absolute atomic E-state index is 0.0236. The van der Waals surface area contributed by atoms with Crippen molar-refractivity contribution < 1.29 is 28.2 Å². The lowest BCUT2D eigenvalue weighted by Crippen LogP contribution is -2.46. The number of benzene rings is 1. The minimum atomic E-state index is -3.94. The second-order valence-corrected chi connectivity index (χ2v) is 8.52. The lowest BCUT2D eigenvalue weighted by Gasteiger charge is -2.29. The predicted octanol–water partition coefficient (Wildman–Crippen LogP) is 2.82. The van der Waals surface area contributed by atoms with Gasteiger partial charge in [-0.25, -0.2) is 8.42 Å². The molecule has 26 heavy (non-hydrogen) atoms. The van der Waals surface area contributed by atoms with Gasteiger partial charge in [0, 0.05) is 13.0 Å². The van der Waals surface area contributed by atoms with Crippen LogP contribution in [0.25, 0.3) is 0 Å². The van der Waals surface area contributed by atoms with Crippen LogP contribution in [0.4, 0.5) is 0 Å². The van der Waals surface area contributed by atoms with Gasteiger partial charge >= 0.3 is 11.9 Å². The third-order valence-corrected chi connectivity index (χ3v) is 5.78. The van der Waals surface area contributed by atoms with E-state index < -0.39 is 28.0 Å². The van der Waals surface area contributed by atoms with E-state index in [1.165, 1.54) is 12.1 Å². The maximum atomic E-state index is 13.0. The summed E-state index contributed by atoms with van der Waals surface area (Å²) in [5, 5.41) is 18.3. The highest BCUT2D eigenvalue weighted by atomic mass is 32.2. The summed E-state index contributed by atoms with van der Waals surface area (Å²) >= 11 is 0. The molecule has 1 atom stereocenters. The summed E-state index contributed by atoms with van der Waals surface area (Å²) in [6.07, 6.45) is 1.60. The van der Waals surface area contributed by atoms with Crippen molar-refractivity contribution in [3.63, 3.8) is 0 Å². The van der Waals surface area contributed by atoms with Gasteiger partial charge in [-0.15, -0.1) is 0 Å². The van der Waals surface area contributed by atoms with Crippen molar-refractivity contribution in [2.75, 3.05) is 6.54 Å². The van der Waals surface area contributed by atoms with E-state index in [4.69, 9.17) is 5.11 Å². The Bertz CT molecular complexity index is 687. The first-order valence-electron chi connectivity index (χ1n) is 8.67. The summed E-state index contributed by atoms with van der Waals surface area (Å²) < 4.78 is 27.0. The Morgan fingerprint density at radius 3 is 2.15 bits per heavy atom. The molecule has 0 saturated carbocycles. The second-order valence-electron chi connectivity index (χ2n) is 6.63. The Morgan fingerprint density at radius 1 is 1.04 bits per heavy atom. The van der Waals surface area contributed by atoms with E-state index in [2.05, 4.69) is 0 Å². The van der Waals surface area contributed by atoms with Crippen molar-refractivity contribution in [1.29, 1.82) is 0 Å². The Balaban J connectivity index is 2.98. The van der Waals surface area contributed by atoms with E-state index >= 15 is 0 Å². The maximum Gasteiger partial charge on any atom is 0.322 e. The molecule has 1 unspecified atom stereocenters. The van der Waals surface area contributed by atoms with Gasteiger partial charge in [0.2, 0.25) is 10.0 Å². The molecule has 0 heterocycles. The number of carbonyl (C=O) groups is 2. The first-order valence-corrected chi connectivity index (χ1v) is 10.1. The molecular formula is C18H27NO6S. The minimum Gasteiger partial charge on any atom is -0.481 e. The molecule has 0 radical (unpaired) electrons. The lowest BCUT2D eigenvalue weighted by molar-refractivity contribution is -0.142. The number of nitrogens with zero attached hydrogens (tertiary/aromatic N) is 1. The molecule has 0 amide bonds. The highest BCUT2D eigenvalue weighted by Crippen LogP contribution is 2.23. The van der Waals surface area contributed by atoms with Gasteiger partial charge in [-0.2, -0.15) is 4.31 Å². The second kappa shape index (κ2) is 10.3. The molecule has 146 valence electrons. The smallest absolute Gasteiger partial charge is 0.322 e. The molecule has 1 aromatic rings. The van der Waals surface area contributed by atoms with E-state index in [0.29, 0.717) is 19.3 Å². The highest BCUT2D eigenvalue weighted by molar-refractivity contribution is 7.89. The standard InChI is InChI=1S/C18H27NO6S/c1-14(2)13-19(26(24,25)15-9-5-3-6-10-15)16(18(22)23)11-7-4-8-12-17(20)21/h3,5-6,9-10,14,16H,4,7-8,11-13H2,1-2H3,(H,20,21)(H,22,23). The van der Waals surface area contributed by atoms with E-state index in [9.17, 15) is 23.1 Å². The first-order chi connectivity index (χ1) is 12.2. The van der Waals surface area contributed by atoms with Crippen LogP contribution >= 0.6 is 0 Å². The van der Waals surface area contributed by atoms with Crippen LogP contribution in [0.2, 0.25) is 0 Å². The molecule has 0 spiro atoms. The van der Waals surface area contributed by atoms with Gasteiger partial charge in [-0.05, 0) is 30.9 Å². The van der Waals surface area contributed by atoms with Crippen molar-refractivity contribution in [3.05, 3.63) is 30.3 Å². The van der Waals surface area contributed by atoms with Gasteiger partial charge < -0.3 is 10.2 Å². The Kier molecular flexibility index (Phi) is 8.74. The van der Waals surface area contributed by atoms with Crippen molar-refractivity contribution >= 4 is 22.0 Å². The predicted molar refractivity (Wildman–Crippen MR) is 97.3 cm³/mol. The molecule has 0 aromatic heterocycles. The fourth-order valence-electron chi connectivity index (χ4n) is 2.66. The van der Waals surface area contributed by atoms with E-state index in [-0.39, 0.29) is 30.2 Å². The van der Waals surface area contributed by atoms with Gasteiger partial charge in [-0.1, -0.05) is 44.9 Å². The van der Waals surface area contributed by atoms with Gasteiger partial charge in [0.25, 0.3) is 0 Å². The molecule has 1 rings (SSSR count). The molecule has 0 aliphatic rings. The summed E-state index contributed by atoms with van der Waals surface area (Å²) in [5.74, 6) is -2.13. The van der Waals surface area contributed by atoms with E-state index in [1.54, 1.807) is 18.2 Å². The summed E-state index contributed by atoms with van der Waals surface area (Å²) in [6, 6.07) is 6.63. The molecule has 7 nitrogen and oxygen atoms in total. The maximum absolute atomic E-state index is 13.0. The van der Waals surface area contributed by atoms with Crippen LogP contribution in [-0.4, -0.2) is 47.5 Å². The largest absolute Gasteiger partial charge is 0.481 e. The monoisotopic (exact) mass is 385 g/mol. The van der Waals surface area contributed by atoms with Crippen LogP contribution in [0.1, 0.15) is 46.0 Å². The molecule has 1 aromatic carbocycles. The summed E-state index contributed by atoms with van der Waals surface area (Å²) in [5.41, 5.74) is 0. The average molecular weight is 385 g/mol. The van der Waals surface area contributed by atoms with Crippen molar-refractivity contribution in [2.45, 2.75) is 56.9 Å². The van der Waals surface area contributed by atoms with E-state index in [0.717, 1.165) is 4.31 Å². The SMILES string of the molecule is CC(C)CN(C(CCCCCC(=O)O)C(=O)O)S(=O)(=O)c1ccccc1. The quantitative estimate of drug-likeness (QED) is 0.535.